The summed E-state index contributed by atoms with van der Waals surface area (Å²) in [6.07, 6.45) is 0. The van der Waals surface area contributed by atoms with Gasteiger partial charge in [0.1, 0.15) is 0 Å². The van der Waals surface area contributed by atoms with E-state index >= 15 is 0 Å². The Balaban J connectivity index is 2.72. The number of urea groups is 1. The Kier molecular flexibility index (Phi) is 5.11. The van der Waals surface area contributed by atoms with Crippen molar-refractivity contribution in [2.24, 2.45) is 0 Å². The van der Waals surface area contributed by atoms with E-state index in [0.29, 0.717) is 0 Å². The summed E-state index contributed by atoms with van der Waals surface area (Å²) >= 11 is 0. The number of amides is 2. The molecule has 25 heavy (non-hydrogen) atoms. The van der Waals surface area contributed by atoms with Crippen molar-refractivity contribution in [3.63, 3.8) is 0 Å². The standard InChI is InChI=1S/C15H17N3O7/c1-4-25-13-9(19)6-5-8(12(13)18(22)23)11-10(14(20)24-3)7(2)16-15(21)17-11/h5-6,11,19H,4H2,1-3H3,(H2,16,17,21)/t11-/m0/s1. The Bertz CT molecular complexity index is 773. The summed E-state index contributed by atoms with van der Waals surface area (Å²) in [6, 6.07) is 0.686. The van der Waals surface area contributed by atoms with Crippen LogP contribution >= 0.6 is 0 Å². The van der Waals surface area contributed by atoms with Crippen LogP contribution in [0.1, 0.15) is 25.5 Å². The zero-order chi connectivity index (χ0) is 18.7. The monoisotopic (exact) mass is 351 g/mol. The second-order valence-corrected chi connectivity index (χ2v) is 5.10. The van der Waals surface area contributed by atoms with E-state index in [1.165, 1.54) is 19.1 Å². The molecule has 134 valence electrons. The van der Waals surface area contributed by atoms with Gasteiger partial charge in [-0.3, -0.25) is 10.1 Å². The van der Waals surface area contributed by atoms with E-state index in [9.17, 15) is 24.8 Å². The lowest BCUT2D eigenvalue weighted by Crippen LogP contribution is -2.45. The topological polar surface area (TPSA) is 140 Å². The molecule has 0 bridgehead atoms. The van der Waals surface area contributed by atoms with E-state index in [1.807, 2.05) is 0 Å². The van der Waals surface area contributed by atoms with Crippen LogP contribution < -0.4 is 15.4 Å². The van der Waals surface area contributed by atoms with Gasteiger partial charge >= 0.3 is 17.7 Å². The van der Waals surface area contributed by atoms with Crippen LogP contribution in [0.4, 0.5) is 10.5 Å². The molecule has 2 amide bonds. The summed E-state index contributed by atoms with van der Waals surface area (Å²) in [4.78, 5) is 34.8. The van der Waals surface area contributed by atoms with Crippen molar-refractivity contribution in [1.82, 2.24) is 10.6 Å². The van der Waals surface area contributed by atoms with E-state index < -0.39 is 34.4 Å². The number of hydrogen-bond donors (Lipinski definition) is 3. The third-order valence-corrected chi connectivity index (χ3v) is 3.60. The third-order valence-electron chi connectivity index (χ3n) is 3.60. The smallest absolute Gasteiger partial charge is 0.337 e. The number of phenols is 1. The maximum Gasteiger partial charge on any atom is 0.337 e. The van der Waals surface area contributed by atoms with Crippen molar-refractivity contribution >= 4 is 17.7 Å². The van der Waals surface area contributed by atoms with Gasteiger partial charge in [0.2, 0.25) is 5.75 Å². The quantitative estimate of drug-likeness (QED) is 0.415. The minimum Gasteiger partial charge on any atom is -0.504 e. The highest BCUT2D eigenvalue weighted by Crippen LogP contribution is 2.43. The van der Waals surface area contributed by atoms with Crippen molar-refractivity contribution in [2.75, 3.05) is 13.7 Å². The van der Waals surface area contributed by atoms with Crippen LogP contribution in [0.15, 0.2) is 23.4 Å². The molecular formula is C15H17N3O7. The van der Waals surface area contributed by atoms with Crippen molar-refractivity contribution in [1.29, 1.82) is 0 Å². The molecule has 0 spiro atoms. The van der Waals surface area contributed by atoms with Crippen molar-refractivity contribution in [3.05, 3.63) is 39.1 Å². The number of nitro benzene ring substituents is 1. The number of rotatable bonds is 5. The molecule has 10 heteroatoms. The van der Waals surface area contributed by atoms with Crippen molar-refractivity contribution < 1.29 is 29.1 Å². The van der Waals surface area contributed by atoms with E-state index in [0.717, 1.165) is 7.11 Å². The maximum atomic E-state index is 12.1. The molecule has 0 fully saturated rings. The zero-order valence-corrected chi connectivity index (χ0v) is 13.8. The first kappa shape index (κ1) is 18.0. The molecule has 10 nitrogen and oxygen atoms in total. The Hall–Kier alpha value is -3.30. The number of nitro groups is 1. The van der Waals surface area contributed by atoms with Crippen LogP contribution in [0.3, 0.4) is 0 Å². The number of allylic oxidation sites excluding steroid dienone is 1. The predicted molar refractivity (Wildman–Crippen MR) is 85.1 cm³/mol. The summed E-state index contributed by atoms with van der Waals surface area (Å²) in [5.41, 5.74) is -0.330. The van der Waals surface area contributed by atoms with Crippen LogP contribution in [0.5, 0.6) is 11.5 Å². The largest absolute Gasteiger partial charge is 0.504 e. The average Bonchev–Trinajstić information content (AvgIpc) is 2.55. The molecular weight excluding hydrogens is 334 g/mol. The van der Waals surface area contributed by atoms with Gasteiger partial charge in [0.25, 0.3) is 0 Å². The van der Waals surface area contributed by atoms with Crippen LogP contribution in [0.25, 0.3) is 0 Å². The molecule has 1 atom stereocenters. The Morgan fingerprint density at radius 1 is 1.44 bits per heavy atom. The highest BCUT2D eigenvalue weighted by atomic mass is 16.6. The molecule has 0 saturated carbocycles. The number of benzene rings is 1. The fourth-order valence-electron chi connectivity index (χ4n) is 2.59. The van der Waals surface area contributed by atoms with E-state index in [-0.39, 0.29) is 29.2 Å². The normalized spacial score (nSPS) is 16.8. The first-order chi connectivity index (χ1) is 11.8. The van der Waals surface area contributed by atoms with Gasteiger partial charge in [-0.25, -0.2) is 9.59 Å². The number of hydrogen-bond acceptors (Lipinski definition) is 7. The summed E-state index contributed by atoms with van der Waals surface area (Å²) in [5, 5.41) is 26.3. The number of carbonyl (C=O) groups is 2. The summed E-state index contributed by atoms with van der Waals surface area (Å²) in [7, 11) is 1.16. The minimum atomic E-state index is -1.14. The second-order valence-electron chi connectivity index (χ2n) is 5.10. The van der Waals surface area contributed by atoms with Crippen LogP contribution in [-0.4, -0.2) is 35.7 Å². The molecule has 1 aliphatic rings. The molecule has 2 rings (SSSR count). The van der Waals surface area contributed by atoms with Crippen molar-refractivity contribution in [2.45, 2.75) is 19.9 Å². The molecule has 1 aliphatic heterocycles. The number of aromatic hydroxyl groups is 1. The first-order valence-corrected chi connectivity index (χ1v) is 7.31. The Morgan fingerprint density at radius 2 is 2.12 bits per heavy atom. The molecule has 1 aromatic rings. The molecule has 0 unspecified atom stereocenters. The third kappa shape index (κ3) is 3.32. The lowest BCUT2D eigenvalue weighted by atomic mass is 9.93. The number of nitrogens with one attached hydrogen (secondary N) is 2. The van der Waals surface area contributed by atoms with Gasteiger partial charge in [-0.2, -0.15) is 0 Å². The van der Waals surface area contributed by atoms with Gasteiger partial charge in [-0.1, -0.05) is 0 Å². The van der Waals surface area contributed by atoms with E-state index in [1.54, 1.807) is 6.92 Å². The SMILES string of the molecule is CCOc1c(O)ccc([C@@H]2NC(=O)NC(C)=C2C(=O)OC)c1[N+](=O)[O-]. The average molecular weight is 351 g/mol. The van der Waals surface area contributed by atoms with E-state index in [2.05, 4.69) is 10.6 Å². The molecule has 0 aromatic heterocycles. The molecule has 1 heterocycles. The Labute approximate surface area is 142 Å². The maximum absolute atomic E-state index is 12.1. The molecule has 0 radical (unpaired) electrons. The number of methoxy groups -OCH3 is 1. The number of phenolic OH excluding ortho intramolecular Hbond substituents is 1. The number of esters is 1. The molecule has 3 N–H and O–H groups in total. The summed E-state index contributed by atoms with van der Waals surface area (Å²) < 4.78 is 9.89. The highest BCUT2D eigenvalue weighted by Gasteiger charge is 2.38. The van der Waals surface area contributed by atoms with Crippen molar-refractivity contribution in [3.8, 4) is 11.5 Å². The van der Waals surface area contributed by atoms with Crippen LogP contribution in [-0.2, 0) is 9.53 Å². The fraction of sp³-hybridized carbons (Fsp3) is 0.333. The first-order valence-electron chi connectivity index (χ1n) is 7.31. The lowest BCUT2D eigenvalue weighted by molar-refractivity contribution is -0.386. The highest BCUT2D eigenvalue weighted by molar-refractivity contribution is 5.95. The van der Waals surface area contributed by atoms with Gasteiger partial charge < -0.3 is 25.2 Å². The molecule has 0 aliphatic carbocycles. The summed E-state index contributed by atoms with van der Waals surface area (Å²) in [6.45, 7) is 3.16. The van der Waals surface area contributed by atoms with Gasteiger partial charge in [0.05, 0.1) is 35.8 Å². The Morgan fingerprint density at radius 3 is 2.68 bits per heavy atom. The zero-order valence-electron chi connectivity index (χ0n) is 13.8. The number of ether oxygens (including phenoxy) is 2. The second kappa shape index (κ2) is 7.07. The van der Waals surface area contributed by atoms with Gasteiger partial charge in [-0.15, -0.1) is 0 Å². The lowest BCUT2D eigenvalue weighted by Gasteiger charge is -2.27. The molecule has 0 saturated heterocycles. The minimum absolute atomic E-state index is 0.0124. The molecule has 1 aromatic carbocycles. The van der Waals surface area contributed by atoms with E-state index in [4.69, 9.17) is 9.47 Å². The summed E-state index contributed by atoms with van der Waals surface area (Å²) in [5.74, 6) is -1.51. The number of carbonyl (C=O) groups excluding carboxylic acids is 2. The predicted octanol–water partition coefficient (Wildman–Crippen LogP) is 1.50. The number of nitrogens with zero attached hydrogens (tertiary/aromatic N) is 1. The van der Waals surface area contributed by atoms with Gasteiger partial charge in [0.15, 0.2) is 5.75 Å². The van der Waals surface area contributed by atoms with Gasteiger partial charge in [-0.05, 0) is 26.0 Å². The van der Waals surface area contributed by atoms with Crippen LogP contribution in [0, 0.1) is 10.1 Å². The van der Waals surface area contributed by atoms with Crippen LogP contribution in [0.2, 0.25) is 0 Å². The fourth-order valence-corrected chi connectivity index (χ4v) is 2.59. The van der Waals surface area contributed by atoms with Gasteiger partial charge in [0, 0.05) is 5.70 Å².